The molecule has 2 rings (SSSR count). The van der Waals surface area contributed by atoms with E-state index in [1.54, 1.807) is 6.07 Å². The van der Waals surface area contributed by atoms with E-state index < -0.39 is 18.0 Å². The summed E-state index contributed by atoms with van der Waals surface area (Å²) in [6, 6.07) is 8.51. The first-order chi connectivity index (χ1) is 12.0. The number of carbonyl (C=O) groups excluding carboxylic acids is 2. The summed E-state index contributed by atoms with van der Waals surface area (Å²) < 4.78 is 28.6. The van der Waals surface area contributed by atoms with Crippen molar-refractivity contribution in [1.29, 1.82) is 0 Å². The number of hydrogen-bond donors (Lipinski definition) is 1. The van der Waals surface area contributed by atoms with Crippen LogP contribution in [0.1, 0.15) is 23.2 Å². The minimum atomic E-state index is -0.962. The zero-order valence-electron chi connectivity index (χ0n) is 13.7. The highest BCUT2D eigenvalue weighted by molar-refractivity contribution is 5.90. The third-order valence-corrected chi connectivity index (χ3v) is 3.13. The van der Waals surface area contributed by atoms with Gasteiger partial charge in [0.2, 0.25) is 5.76 Å². The van der Waals surface area contributed by atoms with E-state index in [-0.39, 0.29) is 24.7 Å². The topological polar surface area (TPSA) is 77.8 Å². The van der Waals surface area contributed by atoms with Crippen LogP contribution in [0, 0.1) is 5.82 Å². The Kier molecular flexibility index (Phi) is 6.33. The van der Waals surface area contributed by atoms with Gasteiger partial charge in [-0.05, 0) is 43.3 Å². The third-order valence-electron chi connectivity index (χ3n) is 3.13. The van der Waals surface area contributed by atoms with Crippen LogP contribution in [0.3, 0.4) is 0 Å². The van der Waals surface area contributed by atoms with Crippen molar-refractivity contribution in [3.8, 4) is 5.75 Å². The molecule has 0 radical (unpaired) electrons. The van der Waals surface area contributed by atoms with E-state index in [1.807, 2.05) is 0 Å². The summed E-state index contributed by atoms with van der Waals surface area (Å²) in [6.07, 6.45) is 0.559. The first kappa shape index (κ1) is 18.3. The number of esters is 1. The fraction of sp³-hybridized carbons (Fsp3) is 0.222. The highest BCUT2D eigenvalue weighted by Gasteiger charge is 2.20. The molecule has 0 fully saturated rings. The second-order valence-corrected chi connectivity index (χ2v) is 5.09. The van der Waals surface area contributed by atoms with Gasteiger partial charge in [-0.15, -0.1) is 6.58 Å². The number of carbonyl (C=O) groups is 2. The fourth-order valence-electron chi connectivity index (χ4n) is 1.84. The lowest BCUT2D eigenvalue weighted by Crippen LogP contribution is -2.35. The van der Waals surface area contributed by atoms with Crippen molar-refractivity contribution in [3.05, 3.63) is 66.4 Å². The Labute approximate surface area is 144 Å². The predicted molar refractivity (Wildman–Crippen MR) is 87.5 cm³/mol. The predicted octanol–water partition coefficient (Wildman–Crippen LogP) is 2.85. The number of benzene rings is 1. The average molecular weight is 347 g/mol. The van der Waals surface area contributed by atoms with E-state index in [0.717, 1.165) is 0 Å². The number of rotatable bonds is 8. The van der Waals surface area contributed by atoms with Crippen LogP contribution in [0.5, 0.6) is 5.75 Å². The first-order valence-electron chi connectivity index (χ1n) is 7.56. The van der Waals surface area contributed by atoms with Gasteiger partial charge in [-0.25, -0.2) is 9.18 Å². The maximum absolute atomic E-state index is 12.8. The minimum Gasteiger partial charge on any atom is -0.486 e. The van der Waals surface area contributed by atoms with Crippen LogP contribution >= 0.6 is 0 Å². The summed E-state index contributed by atoms with van der Waals surface area (Å²) >= 11 is 0. The molecule has 1 unspecified atom stereocenters. The first-order valence-corrected chi connectivity index (χ1v) is 7.56. The van der Waals surface area contributed by atoms with Crippen LogP contribution in [0.4, 0.5) is 4.39 Å². The van der Waals surface area contributed by atoms with Crippen molar-refractivity contribution in [3.63, 3.8) is 0 Å². The van der Waals surface area contributed by atoms with E-state index in [4.69, 9.17) is 13.9 Å². The molecule has 0 saturated carbocycles. The third kappa shape index (κ3) is 5.49. The molecule has 0 spiro atoms. The molecule has 6 nitrogen and oxygen atoms in total. The lowest BCUT2D eigenvalue weighted by atomic mass is 10.3. The van der Waals surface area contributed by atoms with Crippen LogP contribution < -0.4 is 10.1 Å². The zero-order valence-corrected chi connectivity index (χ0v) is 13.7. The van der Waals surface area contributed by atoms with Gasteiger partial charge >= 0.3 is 5.97 Å². The van der Waals surface area contributed by atoms with Crippen molar-refractivity contribution in [2.75, 3.05) is 6.54 Å². The second-order valence-electron chi connectivity index (χ2n) is 5.09. The maximum Gasteiger partial charge on any atom is 0.375 e. The van der Waals surface area contributed by atoms with Gasteiger partial charge in [0.25, 0.3) is 5.91 Å². The molecule has 1 aromatic heterocycles. The number of furan rings is 1. The molecular weight excluding hydrogens is 329 g/mol. The Balaban J connectivity index is 1.87. The van der Waals surface area contributed by atoms with Gasteiger partial charge in [0.05, 0.1) is 0 Å². The van der Waals surface area contributed by atoms with Crippen LogP contribution in [-0.2, 0) is 16.1 Å². The molecular formula is C18H18FNO5. The van der Waals surface area contributed by atoms with E-state index in [9.17, 15) is 14.0 Å². The molecule has 0 aliphatic heterocycles. The van der Waals surface area contributed by atoms with E-state index in [2.05, 4.69) is 11.9 Å². The molecule has 132 valence electrons. The molecule has 1 aromatic carbocycles. The summed E-state index contributed by atoms with van der Waals surface area (Å²) in [7, 11) is 0. The van der Waals surface area contributed by atoms with Gasteiger partial charge in [0, 0.05) is 6.54 Å². The largest absolute Gasteiger partial charge is 0.486 e. The molecule has 0 aliphatic carbocycles. The lowest BCUT2D eigenvalue weighted by molar-refractivity contribution is -0.128. The van der Waals surface area contributed by atoms with Crippen molar-refractivity contribution in [1.82, 2.24) is 5.32 Å². The molecule has 7 heteroatoms. The number of amides is 1. The van der Waals surface area contributed by atoms with Gasteiger partial charge in [-0.2, -0.15) is 0 Å². The highest BCUT2D eigenvalue weighted by atomic mass is 19.1. The standard InChI is InChI=1S/C18H18FNO5/c1-3-10-20-17(21)12(2)24-18(22)16-9-8-15(25-16)11-23-14-6-4-13(19)5-7-14/h3-9,12H,1,10-11H2,2H3,(H,20,21). The molecule has 1 amide bonds. The molecule has 0 aliphatic rings. The number of nitrogens with one attached hydrogen (secondary N) is 1. The normalized spacial score (nSPS) is 11.4. The number of ether oxygens (including phenoxy) is 2. The van der Waals surface area contributed by atoms with Crippen molar-refractivity contribution >= 4 is 11.9 Å². The summed E-state index contributed by atoms with van der Waals surface area (Å²) in [5.74, 6) is -0.730. The second kappa shape index (κ2) is 8.68. The van der Waals surface area contributed by atoms with Crippen LogP contribution in [0.25, 0.3) is 0 Å². The van der Waals surface area contributed by atoms with Crippen LogP contribution in [0.2, 0.25) is 0 Å². The fourth-order valence-corrected chi connectivity index (χ4v) is 1.84. The van der Waals surface area contributed by atoms with Crippen molar-refractivity contribution in [2.45, 2.75) is 19.6 Å². The molecule has 2 aromatic rings. The van der Waals surface area contributed by atoms with Crippen LogP contribution in [-0.4, -0.2) is 24.5 Å². The quantitative estimate of drug-likeness (QED) is 0.587. The SMILES string of the molecule is C=CCNC(=O)C(C)OC(=O)c1ccc(COc2ccc(F)cc2)o1. The monoisotopic (exact) mass is 347 g/mol. The average Bonchev–Trinajstić information content (AvgIpc) is 3.08. The molecule has 25 heavy (non-hydrogen) atoms. The smallest absolute Gasteiger partial charge is 0.375 e. The summed E-state index contributed by atoms with van der Waals surface area (Å²) in [5, 5.41) is 2.53. The van der Waals surface area contributed by atoms with Crippen molar-refractivity contribution < 1.29 is 27.9 Å². The minimum absolute atomic E-state index is 0.0407. The molecule has 1 heterocycles. The Morgan fingerprint density at radius 3 is 2.68 bits per heavy atom. The van der Waals surface area contributed by atoms with Gasteiger partial charge in [0.15, 0.2) is 6.10 Å². The Hall–Kier alpha value is -3.09. The summed E-state index contributed by atoms with van der Waals surface area (Å²) in [6.45, 7) is 5.28. The zero-order chi connectivity index (χ0) is 18.2. The lowest BCUT2D eigenvalue weighted by Gasteiger charge is -2.11. The van der Waals surface area contributed by atoms with Gasteiger partial charge in [0.1, 0.15) is 23.9 Å². The van der Waals surface area contributed by atoms with E-state index in [0.29, 0.717) is 11.5 Å². The highest BCUT2D eigenvalue weighted by Crippen LogP contribution is 2.16. The van der Waals surface area contributed by atoms with Gasteiger partial charge in [-0.1, -0.05) is 6.08 Å². The Bertz CT molecular complexity index is 738. The van der Waals surface area contributed by atoms with Gasteiger partial charge in [-0.3, -0.25) is 4.79 Å². The Morgan fingerprint density at radius 1 is 1.28 bits per heavy atom. The number of hydrogen-bond acceptors (Lipinski definition) is 5. The summed E-state index contributed by atoms with van der Waals surface area (Å²) in [4.78, 5) is 23.6. The van der Waals surface area contributed by atoms with E-state index in [1.165, 1.54) is 43.3 Å². The van der Waals surface area contributed by atoms with E-state index >= 15 is 0 Å². The molecule has 1 N–H and O–H groups in total. The van der Waals surface area contributed by atoms with Gasteiger partial charge < -0.3 is 19.2 Å². The number of halogens is 1. The molecule has 1 atom stereocenters. The molecule has 0 saturated heterocycles. The Morgan fingerprint density at radius 2 is 2.00 bits per heavy atom. The molecule has 0 bridgehead atoms. The summed E-state index contributed by atoms with van der Waals surface area (Å²) in [5.41, 5.74) is 0. The van der Waals surface area contributed by atoms with Crippen molar-refractivity contribution in [2.24, 2.45) is 0 Å². The maximum atomic E-state index is 12.8. The van der Waals surface area contributed by atoms with Crippen LogP contribution in [0.15, 0.2) is 53.5 Å².